The van der Waals surface area contributed by atoms with Crippen molar-refractivity contribution in [3.05, 3.63) is 35.4 Å². The van der Waals surface area contributed by atoms with Gasteiger partial charge in [0.25, 0.3) is 0 Å². The Morgan fingerprint density at radius 3 is 2.31 bits per heavy atom. The molecule has 0 aliphatic heterocycles. The van der Waals surface area contributed by atoms with Crippen LogP contribution in [0.5, 0.6) is 0 Å². The number of halogens is 3. The van der Waals surface area contributed by atoms with E-state index in [1.54, 1.807) is 13.1 Å². The number of benzene rings is 1. The van der Waals surface area contributed by atoms with Crippen LogP contribution in [0.15, 0.2) is 24.3 Å². The van der Waals surface area contributed by atoms with Crippen LogP contribution in [0.2, 0.25) is 0 Å². The average molecular weight is 233 g/mol. The Kier molecular flexibility index (Phi) is 6.81. The Morgan fingerprint density at radius 2 is 1.81 bits per heavy atom. The van der Waals surface area contributed by atoms with Crippen molar-refractivity contribution in [2.75, 3.05) is 13.6 Å². The summed E-state index contributed by atoms with van der Waals surface area (Å²) in [6.45, 7) is 4.68. The average Bonchev–Trinajstić information content (AvgIpc) is 2.28. The van der Waals surface area contributed by atoms with Gasteiger partial charge in [0.1, 0.15) is 0 Å². The quantitative estimate of drug-likeness (QED) is 0.842. The topological polar surface area (TPSA) is 12.0 Å². The van der Waals surface area contributed by atoms with E-state index in [2.05, 4.69) is 5.32 Å². The Morgan fingerprint density at radius 1 is 1.19 bits per heavy atom. The lowest BCUT2D eigenvalue weighted by Crippen LogP contribution is -2.11. The van der Waals surface area contributed by atoms with Crippen LogP contribution in [-0.4, -0.2) is 13.6 Å². The Bertz CT molecular complexity index is 295. The molecule has 0 amide bonds. The molecule has 1 N–H and O–H groups in total. The zero-order chi connectivity index (χ0) is 12.6. The van der Waals surface area contributed by atoms with Crippen LogP contribution < -0.4 is 5.32 Å². The van der Waals surface area contributed by atoms with Crippen molar-refractivity contribution in [2.45, 2.75) is 26.4 Å². The molecule has 0 saturated heterocycles. The molecule has 0 bridgehead atoms. The van der Waals surface area contributed by atoms with Gasteiger partial charge in [-0.25, -0.2) is 0 Å². The largest absolute Gasteiger partial charge is 0.416 e. The molecule has 1 rings (SSSR count). The molecule has 0 aliphatic rings. The summed E-state index contributed by atoms with van der Waals surface area (Å²) < 4.78 is 36.8. The molecule has 0 spiro atoms. The van der Waals surface area contributed by atoms with E-state index in [4.69, 9.17) is 0 Å². The summed E-state index contributed by atoms with van der Waals surface area (Å²) in [6.07, 6.45) is -3.63. The second-order valence-corrected chi connectivity index (χ2v) is 3.05. The molecule has 92 valence electrons. The summed E-state index contributed by atoms with van der Waals surface area (Å²) in [7, 11) is 1.77. The van der Waals surface area contributed by atoms with Crippen molar-refractivity contribution in [1.29, 1.82) is 0 Å². The van der Waals surface area contributed by atoms with Gasteiger partial charge in [-0.1, -0.05) is 32.0 Å². The third kappa shape index (κ3) is 5.16. The van der Waals surface area contributed by atoms with E-state index in [9.17, 15) is 13.2 Å². The van der Waals surface area contributed by atoms with E-state index in [0.29, 0.717) is 18.5 Å². The van der Waals surface area contributed by atoms with Gasteiger partial charge in [0.05, 0.1) is 5.56 Å². The molecular weight excluding hydrogens is 215 g/mol. The van der Waals surface area contributed by atoms with Gasteiger partial charge >= 0.3 is 6.18 Å². The zero-order valence-corrected chi connectivity index (χ0v) is 9.86. The molecule has 4 heteroatoms. The first kappa shape index (κ1) is 15.0. The molecule has 0 heterocycles. The minimum Gasteiger partial charge on any atom is -0.319 e. The van der Waals surface area contributed by atoms with Crippen LogP contribution in [0.3, 0.4) is 0 Å². The molecule has 1 aromatic rings. The van der Waals surface area contributed by atoms with E-state index in [1.807, 2.05) is 13.8 Å². The molecular formula is C12H18F3N. The monoisotopic (exact) mass is 233 g/mol. The fourth-order valence-electron chi connectivity index (χ4n) is 1.17. The molecule has 0 fully saturated rings. The summed E-state index contributed by atoms with van der Waals surface area (Å²) in [6, 6.07) is 5.42. The van der Waals surface area contributed by atoms with Crippen molar-refractivity contribution in [2.24, 2.45) is 0 Å². The zero-order valence-electron chi connectivity index (χ0n) is 9.86. The number of likely N-dealkylation sites (N-methyl/N-ethyl adjacent to an activating group) is 1. The fraction of sp³-hybridized carbons (Fsp3) is 0.500. The van der Waals surface area contributed by atoms with Crippen molar-refractivity contribution in [3.8, 4) is 0 Å². The molecule has 1 aromatic carbocycles. The molecule has 0 unspecified atom stereocenters. The first-order valence-electron chi connectivity index (χ1n) is 5.35. The molecule has 16 heavy (non-hydrogen) atoms. The number of nitrogens with one attached hydrogen (secondary N) is 1. The van der Waals surface area contributed by atoms with Crippen LogP contribution in [-0.2, 0) is 12.6 Å². The predicted molar refractivity (Wildman–Crippen MR) is 60.4 cm³/mol. The predicted octanol–water partition coefficient (Wildman–Crippen LogP) is 3.49. The van der Waals surface area contributed by atoms with E-state index in [0.717, 1.165) is 6.07 Å². The molecule has 0 aliphatic carbocycles. The van der Waals surface area contributed by atoms with Gasteiger partial charge in [0.2, 0.25) is 0 Å². The van der Waals surface area contributed by atoms with Gasteiger partial charge in [-0.05, 0) is 31.6 Å². The molecule has 0 atom stereocenters. The molecule has 1 nitrogen and oxygen atoms in total. The van der Waals surface area contributed by atoms with Gasteiger partial charge < -0.3 is 5.32 Å². The van der Waals surface area contributed by atoms with Crippen molar-refractivity contribution in [1.82, 2.24) is 5.32 Å². The van der Waals surface area contributed by atoms with Crippen LogP contribution >= 0.6 is 0 Å². The first-order chi connectivity index (χ1) is 7.54. The highest BCUT2D eigenvalue weighted by Crippen LogP contribution is 2.29. The second kappa shape index (κ2) is 7.28. The fourth-order valence-corrected chi connectivity index (χ4v) is 1.17. The SMILES string of the molecule is CC.CNCCc1cccc(C(F)(F)F)c1. The number of rotatable bonds is 3. The van der Waals surface area contributed by atoms with Gasteiger partial charge in [0, 0.05) is 0 Å². The Labute approximate surface area is 94.7 Å². The minimum atomic E-state index is -4.24. The molecule has 0 aromatic heterocycles. The number of hydrogen-bond donors (Lipinski definition) is 1. The lowest BCUT2D eigenvalue weighted by molar-refractivity contribution is -0.137. The van der Waals surface area contributed by atoms with Crippen LogP contribution in [0.25, 0.3) is 0 Å². The maximum atomic E-state index is 12.3. The highest BCUT2D eigenvalue weighted by atomic mass is 19.4. The summed E-state index contributed by atoms with van der Waals surface area (Å²) in [5.41, 5.74) is 0.125. The van der Waals surface area contributed by atoms with Gasteiger partial charge in [0.15, 0.2) is 0 Å². The van der Waals surface area contributed by atoms with E-state index < -0.39 is 11.7 Å². The Hall–Kier alpha value is -1.03. The number of hydrogen-bond acceptors (Lipinski definition) is 1. The van der Waals surface area contributed by atoms with Crippen LogP contribution in [0, 0.1) is 0 Å². The summed E-state index contributed by atoms with van der Waals surface area (Å²) >= 11 is 0. The van der Waals surface area contributed by atoms with Gasteiger partial charge in [-0.15, -0.1) is 0 Å². The first-order valence-corrected chi connectivity index (χ1v) is 5.35. The maximum Gasteiger partial charge on any atom is 0.416 e. The summed E-state index contributed by atoms with van der Waals surface area (Å²) in [5.74, 6) is 0. The lowest BCUT2D eigenvalue weighted by Gasteiger charge is -2.08. The van der Waals surface area contributed by atoms with Crippen molar-refractivity contribution in [3.63, 3.8) is 0 Å². The standard InChI is InChI=1S/C10H12F3N.C2H6/c1-14-6-5-8-3-2-4-9(7-8)10(11,12)13;1-2/h2-4,7,14H,5-6H2,1H3;1-2H3. The highest BCUT2D eigenvalue weighted by Gasteiger charge is 2.30. The van der Waals surface area contributed by atoms with Crippen molar-refractivity contribution >= 4 is 0 Å². The van der Waals surface area contributed by atoms with Crippen LogP contribution in [0.1, 0.15) is 25.0 Å². The second-order valence-electron chi connectivity index (χ2n) is 3.05. The number of alkyl halides is 3. The normalized spacial score (nSPS) is 10.6. The summed E-state index contributed by atoms with van der Waals surface area (Å²) in [4.78, 5) is 0. The van der Waals surface area contributed by atoms with Gasteiger partial charge in [-0.3, -0.25) is 0 Å². The maximum absolute atomic E-state index is 12.3. The third-order valence-corrected chi connectivity index (χ3v) is 1.92. The minimum absolute atomic E-state index is 0.578. The molecule has 0 saturated carbocycles. The van der Waals surface area contributed by atoms with E-state index >= 15 is 0 Å². The van der Waals surface area contributed by atoms with Crippen LogP contribution in [0.4, 0.5) is 13.2 Å². The van der Waals surface area contributed by atoms with Gasteiger partial charge in [-0.2, -0.15) is 13.2 Å². The van der Waals surface area contributed by atoms with Crippen molar-refractivity contribution < 1.29 is 13.2 Å². The van der Waals surface area contributed by atoms with E-state index in [1.165, 1.54) is 12.1 Å². The third-order valence-electron chi connectivity index (χ3n) is 1.92. The highest BCUT2D eigenvalue weighted by molar-refractivity contribution is 5.25. The Balaban J connectivity index is 0.00000106. The summed E-state index contributed by atoms with van der Waals surface area (Å²) in [5, 5.41) is 2.89. The molecule has 0 radical (unpaired) electrons. The smallest absolute Gasteiger partial charge is 0.319 e. The van der Waals surface area contributed by atoms with E-state index in [-0.39, 0.29) is 0 Å². The lowest BCUT2D eigenvalue weighted by atomic mass is 10.1.